The normalized spacial score (nSPS) is 11.0. The van der Waals surface area contributed by atoms with Crippen molar-refractivity contribution in [2.75, 3.05) is 18.5 Å². The van der Waals surface area contributed by atoms with Gasteiger partial charge in [-0.05, 0) is 42.0 Å². The van der Waals surface area contributed by atoms with E-state index in [-0.39, 0.29) is 18.1 Å². The summed E-state index contributed by atoms with van der Waals surface area (Å²) < 4.78 is 45.6. The third-order valence-corrected chi connectivity index (χ3v) is 3.59. The average Bonchev–Trinajstić information content (AvgIpc) is 2.65. The number of ketones is 1. The molecule has 0 aromatic heterocycles. The molecule has 0 bridgehead atoms. The molecule has 6 nitrogen and oxygen atoms in total. The molecular weight excluding hydrogens is 391 g/mol. The van der Waals surface area contributed by atoms with Crippen molar-refractivity contribution >= 4 is 23.3 Å². The van der Waals surface area contributed by atoms with E-state index in [1.165, 1.54) is 43.3 Å². The van der Waals surface area contributed by atoms with Gasteiger partial charge in [-0.1, -0.05) is 12.1 Å². The zero-order valence-corrected chi connectivity index (χ0v) is 15.4. The van der Waals surface area contributed by atoms with E-state index in [0.717, 1.165) is 0 Å². The molecule has 0 radical (unpaired) electrons. The molecule has 2 aromatic rings. The third-order valence-electron chi connectivity index (χ3n) is 3.59. The van der Waals surface area contributed by atoms with E-state index in [9.17, 15) is 27.6 Å². The van der Waals surface area contributed by atoms with Gasteiger partial charge >= 0.3 is 12.1 Å². The van der Waals surface area contributed by atoms with Crippen LogP contribution in [0.3, 0.4) is 0 Å². The number of hydrogen-bond acceptors (Lipinski definition) is 5. The van der Waals surface area contributed by atoms with Gasteiger partial charge < -0.3 is 14.8 Å². The van der Waals surface area contributed by atoms with E-state index >= 15 is 0 Å². The average molecular weight is 409 g/mol. The predicted octanol–water partition coefficient (Wildman–Crippen LogP) is 3.76. The fourth-order valence-electron chi connectivity index (χ4n) is 2.26. The maximum Gasteiger partial charge on any atom is 0.411 e. The van der Waals surface area contributed by atoms with Crippen LogP contribution in [0, 0.1) is 0 Å². The Balaban J connectivity index is 1.83. The SMILES string of the molecule is CC(=O)Nc1ccc(C(=O)COC(=O)c2ccc(COCC(F)(F)F)cc2)cc1. The fourth-order valence-corrected chi connectivity index (χ4v) is 2.26. The molecule has 154 valence electrons. The van der Waals surface area contributed by atoms with E-state index in [4.69, 9.17) is 4.74 Å². The number of ether oxygens (including phenoxy) is 2. The van der Waals surface area contributed by atoms with E-state index in [1.807, 2.05) is 0 Å². The Morgan fingerprint density at radius 2 is 1.52 bits per heavy atom. The van der Waals surface area contributed by atoms with Gasteiger partial charge in [-0.3, -0.25) is 9.59 Å². The molecular formula is C20H18F3NO5. The van der Waals surface area contributed by atoms with Gasteiger partial charge in [0.2, 0.25) is 5.91 Å². The van der Waals surface area contributed by atoms with Gasteiger partial charge in [-0.25, -0.2) is 4.79 Å². The summed E-state index contributed by atoms with van der Waals surface area (Å²) in [6, 6.07) is 11.7. The Morgan fingerprint density at radius 3 is 2.07 bits per heavy atom. The number of carbonyl (C=O) groups excluding carboxylic acids is 3. The lowest BCUT2D eigenvalue weighted by Crippen LogP contribution is -2.16. The van der Waals surface area contributed by atoms with Crippen LogP contribution in [-0.2, 0) is 20.9 Å². The van der Waals surface area contributed by atoms with Crippen LogP contribution < -0.4 is 5.32 Å². The number of Topliss-reactive ketones (excluding diaryl/α,β-unsaturated/α-hetero) is 1. The van der Waals surface area contributed by atoms with Crippen LogP contribution >= 0.6 is 0 Å². The van der Waals surface area contributed by atoms with E-state index in [1.54, 1.807) is 12.1 Å². The molecule has 1 N–H and O–H groups in total. The Hall–Kier alpha value is -3.20. The van der Waals surface area contributed by atoms with Gasteiger partial charge in [-0.15, -0.1) is 0 Å². The molecule has 2 rings (SSSR count). The molecule has 0 fully saturated rings. The molecule has 2 aromatic carbocycles. The molecule has 0 aliphatic rings. The molecule has 1 amide bonds. The van der Waals surface area contributed by atoms with Crippen LogP contribution in [-0.4, -0.2) is 37.0 Å². The Labute approximate surface area is 164 Å². The number of esters is 1. The minimum Gasteiger partial charge on any atom is -0.454 e. The summed E-state index contributed by atoms with van der Waals surface area (Å²) in [7, 11) is 0. The van der Waals surface area contributed by atoms with Gasteiger partial charge in [0.1, 0.15) is 6.61 Å². The van der Waals surface area contributed by atoms with Crippen molar-refractivity contribution in [2.45, 2.75) is 19.7 Å². The van der Waals surface area contributed by atoms with Crippen molar-refractivity contribution in [3.8, 4) is 0 Å². The number of benzene rings is 2. The second kappa shape index (κ2) is 9.83. The number of anilines is 1. The first-order valence-corrected chi connectivity index (χ1v) is 8.45. The summed E-state index contributed by atoms with van der Waals surface area (Å²) in [5.74, 6) is -1.41. The molecule has 0 saturated carbocycles. The zero-order valence-electron chi connectivity index (χ0n) is 15.4. The summed E-state index contributed by atoms with van der Waals surface area (Å²) in [5, 5.41) is 2.57. The fraction of sp³-hybridized carbons (Fsp3) is 0.250. The molecule has 29 heavy (non-hydrogen) atoms. The first-order chi connectivity index (χ1) is 13.6. The van der Waals surface area contributed by atoms with Gasteiger partial charge in [0.25, 0.3) is 0 Å². The van der Waals surface area contributed by atoms with E-state index in [2.05, 4.69) is 10.1 Å². The highest BCUT2D eigenvalue weighted by Crippen LogP contribution is 2.16. The quantitative estimate of drug-likeness (QED) is 0.530. The van der Waals surface area contributed by atoms with Gasteiger partial charge in [-0.2, -0.15) is 13.2 Å². The van der Waals surface area contributed by atoms with E-state index in [0.29, 0.717) is 16.8 Å². The van der Waals surface area contributed by atoms with Crippen molar-refractivity contribution in [3.05, 3.63) is 65.2 Å². The van der Waals surface area contributed by atoms with Crippen molar-refractivity contribution in [3.63, 3.8) is 0 Å². The van der Waals surface area contributed by atoms with Crippen LogP contribution in [0.4, 0.5) is 18.9 Å². The second-order valence-electron chi connectivity index (χ2n) is 6.06. The number of amides is 1. The Morgan fingerprint density at radius 1 is 0.931 bits per heavy atom. The summed E-state index contributed by atoms with van der Waals surface area (Å²) >= 11 is 0. The monoisotopic (exact) mass is 409 g/mol. The minimum atomic E-state index is -4.40. The summed E-state index contributed by atoms with van der Waals surface area (Å²) in [5.41, 5.74) is 1.45. The topological polar surface area (TPSA) is 81.7 Å². The maximum atomic E-state index is 12.1. The first-order valence-electron chi connectivity index (χ1n) is 8.45. The summed E-state index contributed by atoms with van der Waals surface area (Å²) in [4.78, 5) is 35.1. The molecule has 0 aliphatic carbocycles. The van der Waals surface area contributed by atoms with Crippen LogP contribution in [0.25, 0.3) is 0 Å². The zero-order chi connectivity index (χ0) is 21.4. The first kappa shape index (κ1) is 22.1. The number of nitrogens with one attached hydrogen (secondary N) is 1. The molecule has 0 saturated heterocycles. The molecule has 0 aliphatic heterocycles. The standard InChI is InChI=1S/C20H18F3NO5/c1-13(25)24-17-8-6-15(7-9-17)18(26)11-29-19(27)16-4-2-14(3-5-16)10-28-12-20(21,22)23/h2-9H,10-12H2,1H3,(H,24,25). The smallest absolute Gasteiger partial charge is 0.411 e. The number of carbonyl (C=O) groups is 3. The lowest BCUT2D eigenvalue weighted by atomic mass is 10.1. The van der Waals surface area contributed by atoms with E-state index < -0.39 is 31.1 Å². The Bertz CT molecular complexity index is 861. The largest absolute Gasteiger partial charge is 0.454 e. The number of hydrogen-bond donors (Lipinski definition) is 1. The number of alkyl halides is 3. The minimum absolute atomic E-state index is 0.151. The predicted molar refractivity (Wildman–Crippen MR) is 97.5 cm³/mol. The second-order valence-corrected chi connectivity index (χ2v) is 6.06. The highest BCUT2D eigenvalue weighted by molar-refractivity contribution is 6.00. The van der Waals surface area contributed by atoms with Crippen LogP contribution in [0.1, 0.15) is 33.2 Å². The van der Waals surface area contributed by atoms with Gasteiger partial charge in [0.05, 0.1) is 12.2 Å². The molecule has 0 heterocycles. The van der Waals surface area contributed by atoms with Crippen LogP contribution in [0.15, 0.2) is 48.5 Å². The maximum absolute atomic E-state index is 12.1. The summed E-state index contributed by atoms with van der Waals surface area (Å²) in [6.45, 7) is -0.720. The lowest BCUT2D eigenvalue weighted by molar-refractivity contribution is -0.176. The molecule has 0 spiro atoms. The Kier molecular flexibility index (Phi) is 7.49. The van der Waals surface area contributed by atoms with Crippen LogP contribution in [0.5, 0.6) is 0 Å². The van der Waals surface area contributed by atoms with Crippen LogP contribution in [0.2, 0.25) is 0 Å². The van der Waals surface area contributed by atoms with Gasteiger partial charge in [0.15, 0.2) is 12.4 Å². The van der Waals surface area contributed by atoms with Crippen molar-refractivity contribution in [1.82, 2.24) is 0 Å². The number of rotatable bonds is 8. The van der Waals surface area contributed by atoms with Crippen molar-refractivity contribution < 1.29 is 37.0 Å². The van der Waals surface area contributed by atoms with Crippen molar-refractivity contribution in [2.24, 2.45) is 0 Å². The lowest BCUT2D eigenvalue weighted by Gasteiger charge is -2.08. The highest BCUT2D eigenvalue weighted by atomic mass is 19.4. The molecule has 0 atom stereocenters. The van der Waals surface area contributed by atoms with Gasteiger partial charge in [0, 0.05) is 18.2 Å². The molecule has 9 heteroatoms. The highest BCUT2D eigenvalue weighted by Gasteiger charge is 2.27. The van der Waals surface area contributed by atoms with Crippen molar-refractivity contribution in [1.29, 1.82) is 0 Å². The number of halogens is 3. The molecule has 0 unspecified atom stereocenters. The third kappa shape index (κ3) is 7.74. The summed E-state index contributed by atoms with van der Waals surface area (Å²) in [6.07, 6.45) is -4.40.